The van der Waals surface area contributed by atoms with Gasteiger partial charge >= 0.3 is 12.1 Å². The Kier molecular flexibility index (Phi) is 9.66. The van der Waals surface area contributed by atoms with Crippen molar-refractivity contribution in [3.63, 3.8) is 0 Å². The second kappa shape index (κ2) is 13.4. The van der Waals surface area contributed by atoms with Crippen LogP contribution in [0.15, 0.2) is 39.9 Å². The highest BCUT2D eigenvalue weighted by molar-refractivity contribution is 5.83. The van der Waals surface area contributed by atoms with Crippen molar-refractivity contribution < 1.29 is 42.0 Å². The van der Waals surface area contributed by atoms with Crippen LogP contribution < -0.4 is 30.6 Å². The SMILES string of the molecule is COc1cc2nc(Nc3nc4ccc(OCCN5CCOCC5)cc4c(=O)[nH]3)[nH]c(=O)c2cc1OC.O=C(O)C(F)(F)F. The van der Waals surface area contributed by atoms with Crippen LogP contribution >= 0.6 is 0 Å². The van der Waals surface area contributed by atoms with E-state index in [-0.39, 0.29) is 23.0 Å². The fourth-order valence-corrected chi connectivity index (χ4v) is 4.02. The summed E-state index contributed by atoms with van der Waals surface area (Å²) in [6, 6.07) is 8.31. The van der Waals surface area contributed by atoms with E-state index >= 15 is 0 Å². The number of nitrogens with zero attached hydrogens (tertiary/aromatic N) is 3. The number of anilines is 2. The van der Waals surface area contributed by atoms with Gasteiger partial charge in [0.25, 0.3) is 11.1 Å². The average molecular weight is 609 g/mol. The van der Waals surface area contributed by atoms with E-state index in [2.05, 4.69) is 30.2 Å². The molecule has 1 fully saturated rings. The van der Waals surface area contributed by atoms with Gasteiger partial charge in [-0.15, -0.1) is 0 Å². The van der Waals surface area contributed by atoms with Crippen molar-refractivity contribution >= 4 is 39.7 Å². The number of ether oxygens (including phenoxy) is 4. The number of nitrogens with one attached hydrogen (secondary N) is 3. The van der Waals surface area contributed by atoms with Crippen molar-refractivity contribution in [1.29, 1.82) is 0 Å². The summed E-state index contributed by atoms with van der Waals surface area (Å²) < 4.78 is 53.5. The number of aromatic nitrogens is 4. The largest absolute Gasteiger partial charge is 0.493 e. The number of hydrogen-bond acceptors (Lipinski definition) is 11. The van der Waals surface area contributed by atoms with E-state index in [1.54, 1.807) is 30.3 Å². The number of carbonyl (C=O) groups is 1. The van der Waals surface area contributed by atoms with Gasteiger partial charge in [0.2, 0.25) is 11.9 Å². The van der Waals surface area contributed by atoms with Gasteiger partial charge in [-0.25, -0.2) is 14.8 Å². The monoisotopic (exact) mass is 608 g/mol. The Balaban J connectivity index is 0.000000541. The van der Waals surface area contributed by atoms with Gasteiger partial charge in [0.15, 0.2) is 11.5 Å². The first-order chi connectivity index (χ1) is 20.5. The molecular weight excluding hydrogens is 581 g/mol. The molecule has 0 amide bonds. The molecular formula is C26H27F3N6O8. The lowest BCUT2D eigenvalue weighted by atomic mass is 10.2. The van der Waals surface area contributed by atoms with E-state index in [1.165, 1.54) is 14.2 Å². The maximum Gasteiger partial charge on any atom is 0.490 e. The minimum atomic E-state index is -5.08. The molecule has 4 N–H and O–H groups in total. The maximum absolute atomic E-state index is 12.8. The molecule has 2 aromatic heterocycles. The highest BCUT2D eigenvalue weighted by atomic mass is 19.4. The Labute approximate surface area is 240 Å². The van der Waals surface area contributed by atoms with Gasteiger partial charge in [0.05, 0.1) is 49.2 Å². The third-order valence-electron chi connectivity index (χ3n) is 6.15. The first-order valence-electron chi connectivity index (χ1n) is 12.7. The molecule has 2 aromatic carbocycles. The maximum atomic E-state index is 12.8. The van der Waals surface area contributed by atoms with E-state index in [9.17, 15) is 22.8 Å². The molecule has 5 rings (SSSR count). The van der Waals surface area contributed by atoms with Crippen molar-refractivity contribution in [2.24, 2.45) is 0 Å². The van der Waals surface area contributed by atoms with Gasteiger partial charge < -0.3 is 24.1 Å². The van der Waals surface area contributed by atoms with Crippen LogP contribution in [0.5, 0.6) is 17.2 Å². The molecule has 14 nitrogen and oxygen atoms in total. The van der Waals surface area contributed by atoms with Gasteiger partial charge in [-0.05, 0) is 24.3 Å². The number of hydrogen-bond donors (Lipinski definition) is 4. The summed E-state index contributed by atoms with van der Waals surface area (Å²) in [4.78, 5) is 50.7. The van der Waals surface area contributed by atoms with Crippen LogP contribution in [-0.4, -0.2) is 95.8 Å². The lowest BCUT2D eigenvalue weighted by Gasteiger charge is -2.26. The molecule has 0 atom stereocenters. The van der Waals surface area contributed by atoms with Crippen LogP contribution in [0, 0.1) is 0 Å². The number of aliphatic carboxylic acids is 1. The van der Waals surface area contributed by atoms with Gasteiger partial charge in [0.1, 0.15) is 12.4 Å². The van der Waals surface area contributed by atoms with Crippen LogP contribution in [0.25, 0.3) is 21.8 Å². The Hall–Kier alpha value is -4.90. The zero-order valence-electron chi connectivity index (χ0n) is 22.9. The number of rotatable bonds is 8. The first-order valence-corrected chi connectivity index (χ1v) is 12.7. The van der Waals surface area contributed by atoms with Crippen LogP contribution in [0.3, 0.4) is 0 Å². The summed E-state index contributed by atoms with van der Waals surface area (Å²) in [5, 5.41) is 10.7. The molecule has 1 aliphatic heterocycles. The Bertz CT molecular complexity index is 1720. The molecule has 1 saturated heterocycles. The molecule has 0 saturated carbocycles. The lowest BCUT2D eigenvalue weighted by molar-refractivity contribution is -0.192. The van der Waals surface area contributed by atoms with Gasteiger partial charge in [-0.1, -0.05) is 0 Å². The van der Waals surface area contributed by atoms with Crippen LogP contribution in [0.4, 0.5) is 25.1 Å². The lowest BCUT2D eigenvalue weighted by Crippen LogP contribution is -2.38. The molecule has 0 radical (unpaired) electrons. The summed E-state index contributed by atoms with van der Waals surface area (Å²) in [7, 11) is 2.99. The third-order valence-corrected chi connectivity index (χ3v) is 6.15. The fourth-order valence-electron chi connectivity index (χ4n) is 4.02. The number of carboxylic acids is 1. The summed E-state index contributed by atoms with van der Waals surface area (Å²) in [5.41, 5.74) is 0.123. The van der Waals surface area contributed by atoms with E-state index < -0.39 is 12.1 Å². The molecule has 3 heterocycles. The molecule has 17 heteroatoms. The quantitative estimate of drug-likeness (QED) is 0.229. The predicted octanol–water partition coefficient (Wildman–Crippen LogP) is 2.26. The fraction of sp³-hybridized carbons (Fsp3) is 0.346. The Morgan fingerprint density at radius 1 is 0.977 bits per heavy atom. The highest BCUT2D eigenvalue weighted by Crippen LogP contribution is 2.30. The second-order valence-corrected chi connectivity index (χ2v) is 8.96. The molecule has 4 aromatic rings. The first kappa shape index (κ1) is 31.0. The van der Waals surface area contributed by atoms with Gasteiger partial charge in [-0.3, -0.25) is 29.8 Å². The molecule has 1 aliphatic rings. The summed E-state index contributed by atoms with van der Waals surface area (Å²) >= 11 is 0. The normalized spacial score (nSPS) is 13.7. The molecule has 0 bridgehead atoms. The molecule has 230 valence electrons. The third kappa shape index (κ3) is 7.89. The number of halogens is 3. The summed E-state index contributed by atoms with van der Waals surface area (Å²) in [6.45, 7) is 4.54. The second-order valence-electron chi connectivity index (χ2n) is 8.96. The van der Waals surface area contributed by atoms with Crippen molar-refractivity contribution in [3.8, 4) is 17.2 Å². The standard InChI is InChI=1S/C24H26N6O6.C2HF3O2/c1-33-19-12-16-18(13-20(19)34-2)26-24(28-22(16)32)29-23-25-17-4-3-14(11-15(17)21(31)27-23)36-10-7-30-5-8-35-9-6-30;3-2(4,5)1(6)7/h3-4,11-13H,5-10H2,1-2H3,(H3,25,26,27,28,29,31,32);(H,6,7). The van der Waals surface area contributed by atoms with E-state index in [0.29, 0.717) is 45.7 Å². The number of aromatic amines is 2. The topological polar surface area (TPSA) is 181 Å². The minimum absolute atomic E-state index is 0.116. The van der Waals surface area contributed by atoms with Crippen molar-refractivity contribution in [2.45, 2.75) is 6.18 Å². The van der Waals surface area contributed by atoms with E-state index in [0.717, 1.165) is 32.8 Å². The van der Waals surface area contributed by atoms with Crippen molar-refractivity contribution in [3.05, 3.63) is 51.0 Å². The summed E-state index contributed by atoms with van der Waals surface area (Å²) in [6.07, 6.45) is -5.08. The number of fused-ring (bicyclic) bond motifs is 2. The molecule has 43 heavy (non-hydrogen) atoms. The van der Waals surface area contributed by atoms with Crippen molar-refractivity contribution in [2.75, 3.05) is 59.0 Å². The Morgan fingerprint density at radius 2 is 1.53 bits per heavy atom. The number of methoxy groups -OCH3 is 2. The Morgan fingerprint density at radius 3 is 2.12 bits per heavy atom. The van der Waals surface area contributed by atoms with Gasteiger partial charge in [-0.2, -0.15) is 13.2 Å². The predicted molar refractivity (Wildman–Crippen MR) is 148 cm³/mol. The summed E-state index contributed by atoms with van der Waals surface area (Å²) in [5.74, 6) is -1.06. The van der Waals surface area contributed by atoms with Gasteiger partial charge in [0, 0.05) is 25.7 Å². The molecule has 0 aliphatic carbocycles. The molecule has 0 unspecified atom stereocenters. The van der Waals surface area contributed by atoms with E-state index in [1.807, 2.05) is 0 Å². The highest BCUT2D eigenvalue weighted by Gasteiger charge is 2.38. The number of benzene rings is 2. The number of alkyl halides is 3. The molecule has 0 spiro atoms. The zero-order chi connectivity index (χ0) is 31.1. The smallest absolute Gasteiger partial charge is 0.490 e. The van der Waals surface area contributed by atoms with Crippen LogP contribution in [-0.2, 0) is 9.53 Å². The van der Waals surface area contributed by atoms with Crippen LogP contribution in [0.1, 0.15) is 0 Å². The minimum Gasteiger partial charge on any atom is -0.493 e. The van der Waals surface area contributed by atoms with E-state index in [4.69, 9.17) is 28.8 Å². The number of carboxylic acid groups (broad SMARTS) is 1. The van der Waals surface area contributed by atoms with Crippen molar-refractivity contribution in [1.82, 2.24) is 24.8 Å². The zero-order valence-corrected chi connectivity index (χ0v) is 22.9. The van der Waals surface area contributed by atoms with Crippen LogP contribution in [0.2, 0.25) is 0 Å². The number of H-pyrrole nitrogens is 2. The number of morpholine rings is 1. The average Bonchev–Trinajstić information content (AvgIpc) is 2.97.